The lowest BCUT2D eigenvalue weighted by atomic mass is 9.94. The number of carbonyl (C=O) groups is 1. The molecule has 0 radical (unpaired) electrons. The topological polar surface area (TPSA) is 451 Å². The number of carbonyl (C=O) groups excluding carboxylic acids is 1. The summed E-state index contributed by atoms with van der Waals surface area (Å²) >= 11 is 0. The average Bonchev–Trinajstić information content (AvgIpc) is 3.31. The van der Waals surface area contributed by atoms with Gasteiger partial charge in [0.25, 0.3) is 0 Å². The second kappa shape index (κ2) is 25.5. The van der Waals surface area contributed by atoms with E-state index in [1.165, 1.54) is 0 Å². The molecule has 0 saturated carbocycles. The smallest absolute Gasteiger partial charge is 0.219 e. The Balaban J connectivity index is 1.22. The maximum atomic E-state index is 11.8. The molecule has 5 saturated heterocycles. The molecule has 28 nitrogen and oxygen atoms in total. The monoisotopic (exact) mass is 968 g/mol. The van der Waals surface area contributed by atoms with Gasteiger partial charge in [-0.25, -0.2) is 0 Å². The van der Waals surface area contributed by atoms with E-state index in [4.69, 9.17) is 53.1 Å². The zero-order valence-electron chi connectivity index (χ0n) is 36.0. The normalized spacial score (nSPS) is 46.8. The van der Waals surface area contributed by atoms with Gasteiger partial charge in [0.05, 0.1) is 45.7 Å². The summed E-state index contributed by atoms with van der Waals surface area (Å²) in [5, 5.41) is 162. The molecular weight excluding hydrogens is 900 g/mol. The van der Waals surface area contributed by atoms with Gasteiger partial charge in [0.15, 0.2) is 31.5 Å². The van der Waals surface area contributed by atoms with Gasteiger partial charge in [-0.05, 0) is 12.8 Å². The highest BCUT2D eigenvalue weighted by Crippen LogP contribution is 2.35. The van der Waals surface area contributed by atoms with Crippen LogP contribution < -0.4 is 11.1 Å². The number of hydrogen-bond acceptors (Lipinski definition) is 27. The summed E-state index contributed by atoms with van der Waals surface area (Å²) in [5.41, 5.74) is 6.30. The summed E-state index contributed by atoms with van der Waals surface area (Å²) < 4.78 is 56.4. The Kier molecular flexibility index (Phi) is 21.4. The zero-order valence-corrected chi connectivity index (χ0v) is 36.0. The summed E-state index contributed by atoms with van der Waals surface area (Å²) in [5.74, 6) is -0.132. The Morgan fingerprint density at radius 2 is 0.879 bits per heavy atom. The Labute approximate surface area is 377 Å². The molecular formula is C38H68N2O26. The lowest BCUT2D eigenvalue weighted by Gasteiger charge is -2.50. The van der Waals surface area contributed by atoms with Crippen LogP contribution in [0.1, 0.15) is 32.6 Å². The van der Waals surface area contributed by atoms with Crippen LogP contribution in [-0.4, -0.2) is 282 Å². The number of unbranched alkanes of at least 4 members (excludes halogenated alkanes) is 1. The molecule has 0 aromatic heterocycles. The van der Waals surface area contributed by atoms with Crippen LogP contribution >= 0.6 is 0 Å². The first-order valence-corrected chi connectivity index (χ1v) is 21.8. The standard InChI is InChI=1S/C38H68N2O26/c1-2-3-5-18(46)40-6-4-7-57-35-27(54)25(52)31(17(12-45)62-35)64-38-28(55)32(21(48)14(9-42)60-38)65-34-19(39)23(50)30(16(11-44)61-34)63-37-29(56)33(22(49)15(10-43)59-37)66-36-26(53)24(51)20(47)13(8-41)58-36/h13-17,19-38,41-45,47-56H,2-12,39H2,1H3,(H,40,46)/t13?,14?,15?,16?,17?,19?,20-,21+,22-,23?,24?,25?,26?,27?,28?,29?,30+,31-,32?,33?,34+,35?,36?,37?,38+/m1/s1. The number of aliphatic hydroxyl groups is 15. The van der Waals surface area contributed by atoms with Crippen molar-refractivity contribution in [3.05, 3.63) is 0 Å². The molecule has 28 heteroatoms. The van der Waals surface area contributed by atoms with Gasteiger partial charge in [-0.1, -0.05) is 13.3 Å². The molecule has 25 atom stereocenters. The average molecular weight is 969 g/mol. The predicted molar refractivity (Wildman–Crippen MR) is 209 cm³/mol. The molecule has 18 N–H and O–H groups in total. The van der Waals surface area contributed by atoms with Crippen LogP contribution in [0.3, 0.4) is 0 Å². The van der Waals surface area contributed by atoms with Gasteiger partial charge < -0.3 is 135 Å². The summed E-state index contributed by atoms with van der Waals surface area (Å²) in [7, 11) is 0. The molecule has 5 fully saturated rings. The van der Waals surface area contributed by atoms with Crippen LogP contribution in [0.2, 0.25) is 0 Å². The van der Waals surface area contributed by atoms with Crippen LogP contribution in [-0.2, 0) is 52.2 Å². The van der Waals surface area contributed by atoms with Crippen LogP contribution in [0.15, 0.2) is 0 Å². The molecule has 1 amide bonds. The second-order valence-electron chi connectivity index (χ2n) is 16.7. The molecule has 5 rings (SSSR count). The van der Waals surface area contributed by atoms with Gasteiger partial charge in [0.2, 0.25) is 5.91 Å². The van der Waals surface area contributed by atoms with Gasteiger partial charge in [-0.2, -0.15) is 0 Å². The molecule has 0 spiro atoms. The molecule has 0 bridgehead atoms. The van der Waals surface area contributed by atoms with Crippen molar-refractivity contribution in [1.29, 1.82) is 0 Å². The molecule has 386 valence electrons. The van der Waals surface area contributed by atoms with Gasteiger partial charge >= 0.3 is 0 Å². The SMILES string of the molecule is CCCCC(=O)NCCCOC1OC(CO)[C@@H](O[C@@H]2OC(CO)[C@H](O)C(O[C@@H]3OC(CO)[C@H](OC4OC(CO)[C@@H](O)C(OC5OC(CO)[C@@H](O)C(O)C5O)C4O)C(O)C3N)C2O)C(O)C1O. The van der Waals surface area contributed by atoms with Crippen LogP contribution in [0.25, 0.3) is 0 Å². The first-order valence-electron chi connectivity index (χ1n) is 21.8. The molecule has 18 unspecified atom stereocenters. The molecule has 66 heavy (non-hydrogen) atoms. The fraction of sp³-hybridized carbons (Fsp3) is 0.974. The lowest BCUT2D eigenvalue weighted by Crippen LogP contribution is -2.69. The van der Waals surface area contributed by atoms with Gasteiger partial charge in [-0.15, -0.1) is 0 Å². The van der Waals surface area contributed by atoms with Crippen molar-refractivity contribution in [2.45, 2.75) is 186 Å². The summed E-state index contributed by atoms with van der Waals surface area (Å²) in [6, 6.07) is -1.68. The number of rotatable bonds is 21. The largest absolute Gasteiger partial charge is 0.394 e. The molecule has 5 heterocycles. The molecule has 5 aliphatic heterocycles. The predicted octanol–water partition coefficient (Wildman–Crippen LogP) is -10.2. The van der Waals surface area contributed by atoms with Crippen molar-refractivity contribution in [3.8, 4) is 0 Å². The number of nitrogens with two attached hydrogens (primary N) is 1. The minimum atomic E-state index is -2.05. The van der Waals surface area contributed by atoms with Crippen LogP contribution in [0, 0.1) is 0 Å². The fourth-order valence-corrected chi connectivity index (χ4v) is 8.11. The first kappa shape index (κ1) is 55.4. The Morgan fingerprint density at radius 3 is 1.38 bits per heavy atom. The Hall–Kier alpha value is -1.57. The van der Waals surface area contributed by atoms with Crippen molar-refractivity contribution in [2.24, 2.45) is 5.73 Å². The molecule has 0 aromatic rings. The van der Waals surface area contributed by atoms with E-state index in [9.17, 15) is 81.4 Å². The molecule has 5 aliphatic rings. The van der Waals surface area contributed by atoms with Crippen molar-refractivity contribution in [2.75, 3.05) is 46.2 Å². The highest BCUT2D eigenvalue weighted by Gasteiger charge is 2.56. The van der Waals surface area contributed by atoms with Crippen molar-refractivity contribution < 1.29 is 129 Å². The van der Waals surface area contributed by atoms with E-state index >= 15 is 0 Å². The second-order valence-corrected chi connectivity index (χ2v) is 16.7. The van der Waals surface area contributed by atoms with E-state index in [2.05, 4.69) is 5.32 Å². The first-order chi connectivity index (χ1) is 31.5. The summed E-state index contributed by atoms with van der Waals surface area (Å²) in [4.78, 5) is 11.8. The van der Waals surface area contributed by atoms with Crippen LogP contribution in [0.4, 0.5) is 0 Å². The van der Waals surface area contributed by atoms with E-state index in [0.717, 1.165) is 12.8 Å². The quantitative estimate of drug-likeness (QED) is 0.0475. The maximum Gasteiger partial charge on any atom is 0.219 e. The van der Waals surface area contributed by atoms with E-state index in [0.29, 0.717) is 12.8 Å². The Bertz CT molecular complexity index is 1440. The lowest BCUT2D eigenvalue weighted by molar-refractivity contribution is -0.386. The number of hydrogen-bond donors (Lipinski definition) is 17. The van der Waals surface area contributed by atoms with Crippen molar-refractivity contribution in [3.63, 3.8) is 0 Å². The highest BCUT2D eigenvalue weighted by atomic mass is 16.8. The summed E-state index contributed by atoms with van der Waals surface area (Å²) in [6.07, 6.45) is -40.2. The fourth-order valence-electron chi connectivity index (χ4n) is 8.11. The minimum Gasteiger partial charge on any atom is -0.394 e. The zero-order chi connectivity index (χ0) is 48.6. The van der Waals surface area contributed by atoms with Gasteiger partial charge in [0, 0.05) is 13.0 Å². The van der Waals surface area contributed by atoms with Crippen molar-refractivity contribution >= 4 is 5.91 Å². The summed E-state index contributed by atoms with van der Waals surface area (Å²) in [6.45, 7) is -2.21. The highest BCUT2D eigenvalue weighted by molar-refractivity contribution is 5.75. The van der Waals surface area contributed by atoms with Gasteiger partial charge in [-0.3, -0.25) is 4.79 Å². The molecule has 0 aromatic carbocycles. The maximum absolute atomic E-state index is 11.8. The number of nitrogens with one attached hydrogen (secondary N) is 1. The number of aliphatic hydroxyl groups excluding tert-OH is 15. The Morgan fingerprint density at radius 1 is 0.470 bits per heavy atom. The van der Waals surface area contributed by atoms with E-state index in [1.807, 2.05) is 6.92 Å². The third-order valence-corrected chi connectivity index (χ3v) is 12.1. The van der Waals surface area contributed by atoms with Gasteiger partial charge in [0.1, 0.15) is 116 Å². The van der Waals surface area contributed by atoms with Crippen LogP contribution in [0.5, 0.6) is 0 Å². The minimum absolute atomic E-state index is 0.0234. The van der Waals surface area contributed by atoms with Crippen molar-refractivity contribution in [1.82, 2.24) is 5.32 Å². The van der Waals surface area contributed by atoms with E-state index < -0.39 is 187 Å². The molecule has 0 aliphatic carbocycles. The van der Waals surface area contributed by atoms with E-state index in [-0.39, 0.29) is 19.1 Å². The third kappa shape index (κ3) is 12.7. The number of ether oxygens (including phenoxy) is 10. The van der Waals surface area contributed by atoms with E-state index in [1.54, 1.807) is 0 Å². The third-order valence-electron chi connectivity index (χ3n) is 12.1. The number of amides is 1.